The van der Waals surface area contributed by atoms with Crippen LogP contribution >= 0.6 is 0 Å². The second-order valence-electron chi connectivity index (χ2n) is 6.09. The minimum absolute atomic E-state index is 0.0880. The number of hydrogen-bond donors (Lipinski definition) is 1. The molecule has 1 unspecified atom stereocenters. The monoisotopic (exact) mass is 329 g/mol. The van der Waals surface area contributed by atoms with Crippen LogP contribution in [0.5, 0.6) is 0 Å². The summed E-state index contributed by atoms with van der Waals surface area (Å²) < 4.78 is 6.96. The molecule has 1 aromatic carbocycles. The summed E-state index contributed by atoms with van der Waals surface area (Å²) in [6, 6.07) is 7.40. The molecule has 128 valence electrons. The first-order valence-corrected chi connectivity index (χ1v) is 8.28. The van der Waals surface area contributed by atoms with Gasteiger partial charge in [-0.05, 0) is 18.1 Å². The van der Waals surface area contributed by atoms with Crippen LogP contribution in [0, 0.1) is 5.92 Å². The molecule has 3 rings (SSSR count). The van der Waals surface area contributed by atoms with Crippen molar-refractivity contribution in [3.05, 3.63) is 42.2 Å². The Balaban J connectivity index is 1.57. The van der Waals surface area contributed by atoms with Crippen molar-refractivity contribution in [2.75, 3.05) is 39.4 Å². The molecule has 2 aromatic rings. The molecule has 1 N–H and O–H groups in total. The van der Waals surface area contributed by atoms with Crippen LogP contribution in [0.25, 0.3) is 5.69 Å². The van der Waals surface area contributed by atoms with Crippen LogP contribution in [0.15, 0.2) is 36.7 Å². The Bertz CT molecular complexity index is 653. The molecule has 0 aliphatic carbocycles. The molecule has 1 saturated heterocycles. The fourth-order valence-corrected chi connectivity index (χ4v) is 2.85. The number of carbonyl (C=O) groups excluding carboxylic acids is 1. The molecule has 24 heavy (non-hydrogen) atoms. The van der Waals surface area contributed by atoms with E-state index in [1.54, 1.807) is 23.1 Å². The highest BCUT2D eigenvalue weighted by Gasteiger charge is 2.16. The van der Waals surface area contributed by atoms with Crippen LogP contribution in [0.4, 0.5) is 0 Å². The van der Waals surface area contributed by atoms with E-state index in [1.165, 1.54) is 0 Å². The molecule has 1 atom stereocenters. The summed E-state index contributed by atoms with van der Waals surface area (Å²) in [4.78, 5) is 14.9. The largest absolute Gasteiger partial charge is 0.379 e. The van der Waals surface area contributed by atoms with Crippen molar-refractivity contribution in [3.8, 4) is 5.69 Å². The van der Waals surface area contributed by atoms with Crippen LogP contribution in [0.1, 0.15) is 17.3 Å². The molecule has 0 spiro atoms. The molecule has 7 nitrogen and oxygen atoms in total. The standard InChI is InChI=1S/C17H23N5O2/c1-14(13-21-8-10-24-11-9-21)12-18-17(23)15-4-2-3-5-16(15)22-7-6-19-20-22/h2-7,14H,8-13H2,1H3,(H,18,23). The molecular formula is C17H23N5O2. The van der Waals surface area contributed by atoms with Gasteiger partial charge in [0.05, 0.1) is 36.9 Å². The quantitative estimate of drug-likeness (QED) is 0.855. The number of nitrogens with one attached hydrogen (secondary N) is 1. The molecule has 1 fully saturated rings. The lowest BCUT2D eigenvalue weighted by molar-refractivity contribution is 0.0317. The van der Waals surface area contributed by atoms with Crippen LogP contribution in [0.3, 0.4) is 0 Å². The molecule has 1 aromatic heterocycles. The summed E-state index contributed by atoms with van der Waals surface area (Å²) in [7, 11) is 0. The zero-order valence-electron chi connectivity index (χ0n) is 13.9. The second-order valence-corrected chi connectivity index (χ2v) is 6.09. The number of carbonyl (C=O) groups is 1. The average molecular weight is 329 g/mol. The number of para-hydroxylation sites is 1. The number of morpholine rings is 1. The molecule has 1 amide bonds. The van der Waals surface area contributed by atoms with Gasteiger partial charge in [0.25, 0.3) is 5.91 Å². The third kappa shape index (κ3) is 4.18. The highest BCUT2D eigenvalue weighted by Crippen LogP contribution is 2.13. The Morgan fingerprint density at radius 3 is 2.88 bits per heavy atom. The first-order chi connectivity index (χ1) is 11.7. The summed E-state index contributed by atoms with van der Waals surface area (Å²) in [6.07, 6.45) is 3.33. The first kappa shape index (κ1) is 16.6. The Morgan fingerprint density at radius 1 is 1.33 bits per heavy atom. The minimum atomic E-state index is -0.0880. The van der Waals surface area contributed by atoms with E-state index in [-0.39, 0.29) is 5.91 Å². The zero-order chi connectivity index (χ0) is 16.8. The molecule has 2 heterocycles. The third-order valence-electron chi connectivity index (χ3n) is 4.10. The first-order valence-electron chi connectivity index (χ1n) is 8.28. The normalized spacial score (nSPS) is 16.7. The van der Waals surface area contributed by atoms with E-state index in [0.29, 0.717) is 18.0 Å². The Labute approximate surface area is 141 Å². The number of aromatic nitrogens is 3. The molecule has 1 aliphatic rings. The molecular weight excluding hydrogens is 306 g/mol. The van der Waals surface area contributed by atoms with Crippen LogP contribution in [0.2, 0.25) is 0 Å². The van der Waals surface area contributed by atoms with Crippen molar-refractivity contribution in [1.29, 1.82) is 0 Å². The number of nitrogens with zero attached hydrogens (tertiary/aromatic N) is 4. The van der Waals surface area contributed by atoms with Crippen molar-refractivity contribution in [2.45, 2.75) is 6.92 Å². The molecule has 0 bridgehead atoms. The van der Waals surface area contributed by atoms with Gasteiger partial charge in [-0.25, -0.2) is 4.68 Å². The Morgan fingerprint density at radius 2 is 2.12 bits per heavy atom. The van der Waals surface area contributed by atoms with Gasteiger partial charge in [0, 0.05) is 26.2 Å². The maximum atomic E-state index is 12.6. The SMILES string of the molecule is CC(CNC(=O)c1ccccc1-n1ccnn1)CN1CCOCC1. The number of hydrogen-bond acceptors (Lipinski definition) is 5. The van der Waals surface area contributed by atoms with Crippen molar-refractivity contribution in [1.82, 2.24) is 25.2 Å². The van der Waals surface area contributed by atoms with Gasteiger partial charge in [0.15, 0.2) is 0 Å². The topological polar surface area (TPSA) is 72.3 Å². The summed E-state index contributed by atoms with van der Waals surface area (Å²) in [5.41, 5.74) is 1.33. The lowest BCUT2D eigenvalue weighted by Gasteiger charge is -2.29. The summed E-state index contributed by atoms with van der Waals surface area (Å²) >= 11 is 0. The van der Waals surface area contributed by atoms with E-state index >= 15 is 0 Å². The molecule has 7 heteroatoms. The minimum Gasteiger partial charge on any atom is -0.379 e. The number of ether oxygens (including phenoxy) is 1. The molecule has 0 saturated carbocycles. The van der Waals surface area contributed by atoms with Gasteiger partial charge in [-0.2, -0.15) is 0 Å². The van der Waals surface area contributed by atoms with Crippen molar-refractivity contribution in [3.63, 3.8) is 0 Å². The van der Waals surface area contributed by atoms with E-state index in [9.17, 15) is 4.79 Å². The second kappa shape index (κ2) is 8.03. The average Bonchev–Trinajstić information content (AvgIpc) is 3.15. The van der Waals surface area contributed by atoms with E-state index < -0.39 is 0 Å². The maximum Gasteiger partial charge on any atom is 0.253 e. The van der Waals surface area contributed by atoms with E-state index in [4.69, 9.17) is 4.74 Å². The van der Waals surface area contributed by atoms with Gasteiger partial charge < -0.3 is 10.1 Å². The van der Waals surface area contributed by atoms with Crippen molar-refractivity contribution >= 4 is 5.91 Å². The smallest absolute Gasteiger partial charge is 0.253 e. The summed E-state index contributed by atoms with van der Waals surface area (Å²) in [5.74, 6) is 0.292. The fraction of sp³-hybridized carbons (Fsp3) is 0.471. The predicted molar refractivity (Wildman–Crippen MR) is 90.1 cm³/mol. The highest BCUT2D eigenvalue weighted by atomic mass is 16.5. The van der Waals surface area contributed by atoms with Gasteiger partial charge in [0.2, 0.25) is 0 Å². The predicted octanol–water partition coefficient (Wildman–Crippen LogP) is 0.965. The van der Waals surface area contributed by atoms with E-state index in [0.717, 1.165) is 38.5 Å². The lowest BCUT2D eigenvalue weighted by Crippen LogP contribution is -2.41. The van der Waals surface area contributed by atoms with Crippen molar-refractivity contribution < 1.29 is 9.53 Å². The lowest BCUT2D eigenvalue weighted by atomic mass is 10.1. The summed E-state index contributed by atoms with van der Waals surface area (Å²) in [6.45, 7) is 7.28. The van der Waals surface area contributed by atoms with Gasteiger partial charge in [-0.3, -0.25) is 9.69 Å². The summed E-state index contributed by atoms with van der Waals surface area (Å²) in [5, 5.41) is 10.8. The van der Waals surface area contributed by atoms with Gasteiger partial charge >= 0.3 is 0 Å². The number of rotatable bonds is 6. The number of amides is 1. The van der Waals surface area contributed by atoms with E-state index in [2.05, 4.69) is 27.5 Å². The number of benzene rings is 1. The highest BCUT2D eigenvalue weighted by molar-refractivity contribution is 5.97. The van der Waals surface area contributed by atoms with Gasteiger partial charge in [-0.1, -0.05) is 24.3 Å². The van der Waals surface area contributed by atoms with Gasteiger partial charge in [0.1, 0.15) is 0 Å². The van der Waals surface area contributed by atoms with Gasteiger partial charge in [-0.15, -0.1) is 5.10 Å². The van der Waals surface area contributed by atoms with Crippen molar-refractivity contribution in [2.24, 2.45) is 5.92 Å². The van der Waals surface area contributed by atoms with Crippen LogP contribution < -0.4 is 5.32 Å². The Hall–Kier alpha value is -2.25. The van der Waals surface area contributed by atoms with Crippen LogP contribution in [-0.2, 0) is 4.74 Å². The molecule has 1 aliphatic heterocycles. The third-order valence-corrected chi connectivity index (χ3v) is 4.10. The molecule has 0 radical (unpaired) electrons. The van der Waals surface area contributed by atoms with Crippen LogP contribution in [-0.4, -0.2) is 65.2 Å². The van der Waals surface area contributed by atoms with E-state index in [1.807, 2.05) is 18.2 Å². The zero-order valence-corrected chi connectivity index (χ0v) is 13.9. The Kier molecular flexibility index (Phi) is 5.55. The maximum absolute atomic E-state index is 12.6. The fourth-order valence-electron chi connectivity index (χ4n) is 2.85.